The number of carbonyl (C=O) groups is 1. The minimum Gasteiger partial charge on any atom is -0.490 e. The van der Waals surface area contributed by atoms with Gasteiger partial charge in [-0.25, -0.2) is 9.82 Å². The number of benzene rings is 2. The first-order valence-electron chi connectivity index (χ1n) is 6.62. The van der Waals surface area contributed by atoms with Crippen molar-refractivity contribution in [2.24, 2.45) is 5.10 Å². The van der Waals surface area contributed by atoms with E-state index in [1.54, 1.807) is 12.1 Å². The first kappa shape index (κ1) is 15.4. The molecule has 0 aliphatic rings. The summed E-state index contributed by atoms with van der Waals surface area (Å²) in [6, 6.07) is 12.5. The fraction of sp³-hybridized carbons (Fsp3) is 0.0588. The van der Waals surface area contributed by atoms with Crippen molar-refractivity contribution in [3.05, 3.63) is 78.1 Å². The van der Waals surface area contributed by atoms with Gasteiger partial charge in [0.25, 0.3) is 5.91 Å². The highest BCUT2D eigenvalue weighted by atomic mass is 19.1. The molecule has 0 saturated carbocycles. The summed E-state index contributed by atoms with van der Waals surface area (Å²) in [4.78, 5) is 11.8. The summed E-state index contributed by atoms with van der Waals surface area (Å²) in [5.41, 5.74) is 3.49. The van der Waals surface area contributed by atoms with Crippen LogP contribution in [-0.4, -0.2) is 18.7 Å². The number of amides is 1. The monoisotopic (exact) mass is 298 g/mol. The third-order valence-electron chi connectivity index (χ3n) is 2.71. The van der Waals surface area contributed by atoms with Crippen LogP contribution in [-0.2, 0) is 0 Å². The fourth-order valence-corrected chi connectivity index (χ4v) is 1.67. The van der Waals surface area contributed by atoms with Gasteiger partial charge in [-0.3, -0.25) is 4.79 Å². The lowest BCUT2D eigenvalue weighted by molar-refractivity contribution is 0.0955. The molecule has 0 saturated heterocycles. The summed E-state index contributed by atoms with van der Waals surface area (Å²) in [5.74, 6) is -0.111. The van der Waals surface area contributed by atoms with Crippen LogP contribution in [0.15, 0.2) is 66.3 Å². The number of hydrogen-bond acceptors (Lipinski definition) is 3. The van der Waals surface area contributed by atoms with Crippen molar-refractivity contribution in [1.29, 1.82) is 0 Å². The zero-order valence-electron chi connectivity index (χ0n) is 11.8. The molecule has 0 heterocycles. The normalized spacial score (nSPS) is 10.4. The van der Waals surface area contributed by atoms with Crippen molar-refractivity contribution in [3.8, 4) is 5.75 Å². The number of carbonyl (C=O) groups excluding carboxylic acids is 1. The summed E-state index contributed by atoms with van der Waals surface area (Å²) in [6.07, 6.45) is 3.16. The average Bonchev–Trinajstić information content (AvgIpc) is 2.54. The van der Waals surface area contributed by atoms with E-state index in [2.05, 4.69) is 17.1 Å². The van der Waals surface area contributed by atoms with E-state index in [1.165, 1.54) is 30.5 Å². The van der Waals surface area contributed by atoms with Gasteiger partial charge in [-0.05, 0) is 42.0 Å². The number of hydrogen-bond donors (Lipinski definition) is 1. The van der Waals surface area contributed by atoms with E-state index < -0.39 is 11.7 Å². The Morgan fingerprint density at radius 1 is 1.27 bits per heavy atom. The zero-order chi connectivity index (χ0) is 15.8. The van der Waals surface area contributed by atoms with Gasteiger partial charge in [0, 0.05) is 5.56 Å². The van der Waals surface area contributed by atoms with E-state index >= 15 is 0 Å². The lowest BCUT2D eigenvalue weighted by Crippen LogP contribution is -2.17. The van der Waals surface area contributed by atoms with Crippen molar-refractivity contribution in [2.75, 3.05) is 6.61 Å². The molecule has 5 heteroatoms. The molecule has 0 spiro atoms. The lowest BCUT2D eigenvalue weighted by Gasteiger charge is -2.03. The Bertz CT molecular complexity index is 681. The maximum atomic E-state index is 12.8. The minimum atomic E-state index is -0.407. The van der Waals surface area contributed by atoms with Crippen LogP contribution in [0.5, 0.6) is 5.75 Å². The summed E-state index contributed by atoms with van der Waals surface area (Å²) >= 11 is 0. The van der Waals surface area contributed by atoms with E-state index in [1.807, 2.05) is 18.2 Å². The maximum Gasteiger partial charge on any atom is 0.271 e. The molecule has 0 atom stereocenters. The van der Waals surface area contributed by atoms with Gasteiger partial charge in [-0.15, -0.1) is 0 Å². The fourth-order valence-electron chi connectivity index (χ4n) is 1.67. The van der Waals surface area contributed by atoms with Crippen molar-refractivity contribution in [1.82, 2.24) is 5.43 Å². The minimum absolute atomic E-state index is 0.335. The zero-order valence-corrected chi connectivity index (χ0v) is 11.8. The van der Waals surface area contributed by atoms with Gasteiger partial charge < -0.3 is 4.74 Å². The van der Waals surface area contributed by atoms with Gasteiger partial charge in [-0.2, -0.15) is 5.10 Å². The molecule has 2 rings (SSSR count). The maximum absolute atomic E-state index is 12.8. The number of ether oxygens (including phenoxy) is 1. The van der Waals surface area contributed by atoms with Crippen LogP contribution < -0.4 is 10.2 Å². The molecule has 0 unspecified atom stereocenters. The Hall–Kier alpha value is -2.95. The van der Waals surface area contributed by atoms with Crippen molar-refractivity contribution in [3.63, 3.8) is 0 Å². The first-order chi connectivity index (χ1) is 10.7. The van der Waals surface area contributed by atoms with Gasteiger partial charge in [0.2, 0.25) is 0 Å². The largest absolute Gasteiger partial charge is 0.490 e. The Kier molecular flexibility index (Phi) is 5.43. The quantitative estimate of drug-likeness (QED) is 0.506. The van der Waals surface area contributed by atoms with E-state index in [0.717, 1.165) is 5.56 Å². The summed E-state index contributed by atoms with van der Waals surface area (Å²) < 4.78 is 18.2. The van der Waals surface area contributed by atoms with Crippen molar-refractivity contribution in [2.45, 2.75) is 0 Å². The van der Waals surface area contributed by atoms with Gasteiger partial charge in [-0.1, -0.05) is 24.8 Å². The Labute approximate surface area is 127 Å². The molecule has 4 nitrogen and oxygen atoms in total. The van der Waals surface area contributed by atoms with Gasteiger partial charge in [0.1, 0.15) is 18.2 Å². The van der Waals surface area contributed by atoms with E-state index in [9.17, 15) is 9.18 Å². The molecule has 0 aliphatic heterocycles. The molecule has 2 aromatic rings. The molecule has 0 radical (unpaired) electrons. The third-order valence-corrected chi connectivity index (χ3v) is 2.71. The third kappa shape index (κ3) is 4.56. The molecule has 0 fully saturated rings. The summed E-state index contributed by atoms with van der Waals surface area (Å²) in [5, 5.41) is 3.87. The molecule has 112 valence electrons. The van der Waals surface area contributed by atoms with Crippen LogP contribution in [0, 0.1) is 5.82 Å². The smallest absolute Gasteiger partial charge is 0.271 e. The highest BCUT2D eigenvalue weighted by Crippen LogP contribution is 2.11. The first-order valence-corrected chi connectivity index (χ1v) is 6.62. The second kappa shape index (κ2) is 7.73. The number of rotatable bonds is 6. The summed E-state index contributed by atoms with van der Waals surface area (Å²) in [6.45, 7) is 4.00. The number of halogens is 1. The predicted molar refractivity (Wildman–Crippen MR) is 83.6 cm³/mol. The van der Waals surface area contributed by atoms with Crippen LogP contribution in [0.2, 0.25) is 0 Å². The van der Waals surface area contributed by atoms with Crippen LogP contribution in [0.25, 0.3) is 0 Å². The van der Waals surface area contributed by atoms with Gasteiger partial charge in [0.05, 0.1) is 6.21 Å². The molecule has 0 aliphatic carbocycles. The highest BCUT2D eigenvalue weighted by molar-refractivity contribution is 5.94. The molecular formula is C17H15FN2O2. The highest BCUT2D eigenvalue weighted by Gasteiger charge is 2.03. The second-order valence-corrected chi connectivity index (χ2v) is 4.38. The van der Waals surface area contributed by atoms with E-state index in [-0.39, 0.29) is 0 Å². The Morgan fingerprint density at radius 2 is 2.05 bits per heavy atom. The molecule has 0 bridgehead atoms. The Balaban J connectivity index is 1.95. The molecule has 1 amide bonds. The number of hydrazone groups is 1. The Morgan fingerprint density at radius 3 is 2.77 bits per heavy atom. The van der Waals surface area contributed by atoms with Crippen LogP contribution in [0.3, 0.4) is 0 Å². The van der Waals surface area contributed by atoms with Crippen molar-refractivity contribution < 1.29 is 13.9 Å². The molecule has 0 aromatic heterocycles. The standard InChI is InChI=1S/C17H15FN2O2/c1-2-10-22-16-5-3-4-13(11-16)12-19-20-17(21)14-6-8-15(18)9-7-14/h2-9,11-12H,1,10H2,(H,20,21)/b19-12+. The number of nitrogens with one attached hydrogen (secondary N) is 1. The second-order valence-electron chi connectivity index (χ2n) is 4.38. The predicted octanol–water partition coefficient (Wildman–Crippen LogP) is 3.15. The molecule has 1 N–H and O–H groups in total. The van der Waals surface area contributed by atoms with Gasteiger partial charge >= 0.3 is 0 Å². The lowest BCUT2D eigenvalue weighted by atomic mass is 10.2. The topological polar surface area (TPSA) is 50.7 Å². The average molecular weight is 298 g/mol. The number of nitrogens with zero attached hydrogens (tertiary/aromatic N) is 1. The van der Waals surface area contributed by atoms with Crippen LogP contribution in [0.1, 0.15) is 15.9 Å². The molecule has 2 aromatic carbocycles. The molecule has 22 heavy (non-hydrogen) atoms. The van der Waals surface area contributed by atoms with Crippen LogP contribution >= 0.6 is 0 Å². The van der Waals surface area contributed by atoms with E-state index in [0.29, 0.717) is 17.9 Å². The SMILES string of the molecule is C=CCOc1cccc(/C=N/NC(=O)c2ccc(F)cc2)c1. The van der Waals surface area contributed by atoms with Crippen LogP contribution in [0.4, 0.5) is 4.39 Å². The molecular weight excluding hydrogens is 283 g/mol. The van der Waals surface area contributed by atoms with Gasteiger partial charge in [0.15, 0.2) is 0 Å². The summed E-state index contributed by atoms with van der Waals surface area (Å²) in [7, 11) is 0. The van der Waals surface area contributed by atoms with Crippen molar-refractivity contribution >= 4 is 12.1 Å². The van der Waals surface area contributed by atoms with E-state index in [4.69, 9.17) is 4.74 Å².